The van der Waals surface area contributed by atoms with Crippen LogP contribution in [0.4, 0.5) is 4.39 Å². The summed E-state index contributed by atoms with van der Waals surface area (Å²) in [6.07, 6.45) is -1.37. The van der Waals surface area contributed by atoms with Gasteiger partial charge in [-0.25, -0.2) is 4.39 Å². The molecule has 0 saturated carbocycles. The van der Waals surface area contributed by atoms with E-state index in [-0.39, 0.29) is 25.3 Å². The fraction of sp³-hybridized carbons (Fsp3) is 0.233. The van der Waals surface area contributed by atoms with Crippen molar-refractivity contribution in [3.05, 3.63) is 179 Å². The zero-order chi connectivity index (χ0) is 34.8. The van der Waals surface area contributed by atoms with Crippen LogP contribution in [0.15, 0.2) is 146 Å². The number of hydrogen-bond donors (Lipinski definition) is 0. The molecule has 1 aliphatic rings. The van der Waals surface area contributed by atoms with Gasteiger partial charge in [0.15, 0.2) is 12.5 Å². The third-order valence-corrected chi connectivity index (χ3v) is 9.09. The maximum atomic E-state index is 15.8. The Morgan fingerprint density at radius 3 is 1.61 bits per heavy atom. The molecule has 7 nitrogen and oxygen atoms in total. The van der Waals surface area contributed by atoms with Crippen LogP contribution in [0.25, 0.3) is 10.9 Å². The lowest BCUT2D eigenvalue weighted by molar-refractivity contribution is -0.289. The van der Waals surface area contributed by atoms with E-state index < -0.39 is 36.5 Å². The highest BCUT2D eigenvalue weighted by atomic mass is 19.1. The van der Waals surface area contributed by atoms with Crippen LogP contribution in [-0.2, 0) is 50.1 Å². The number of benzene rings is 5. The summed E-state index contributed by atoms with van der Waals surface area (Å²) in [5.74, 6) is -0.480. The van der Waals surface area contributed by atoms with Gasteiger partial charge in [0.1, 0.15) is 30.2 Å². The van der Waals surface area contributed by atoms with Crippen molar-refractivity contribution in [2.75, 3.05) is 6.61 Å². The van der Waals surface area contributed by atoms with Crippen LogP contribution >= 0.6 is 0 Å². The second-order valence-corrected chi connectivity index (χ2v) is 12.6. The topological polar surface area (TPSA) is 68.2 Å². The molecular weight excluding hydrogens is 645 g/mol. The van der Waals surface area contributed by atoms with Crippen molar-refractivity contribution in [2.24, 2.45) is 0 Å². The summed E-state index contributed by atoms with van der Waals surface area (Å²) in [6.45, 7) is 1.31. The Kier molecular flexibility index (Phi) is 11.4. The van der Waals surface area contributed by atoms with Crippen LogP contribution in [-0.4, -0.2) is 41.9 Å². The van der Waals surface area contributed by atoms with Gasteiger partial charge in [-0.05, 0) is 28.3 Å². The third kappa shape index (κ3) is 8.34. The minimum atomic E-state index is -0.913. The first-order valence-electron chi connectivity index (χ1n) is 17.2. The molecule has 7 rings (SSSR count). The molecule has 1 aromatic heterocycles. The Hall–Kier alpha value is -4.96. The van der Waals surface area contributed by atoms with Crippen molar-refractivity contribution in [1.29, 1.82) is 0 Å². The van der Waals surface area contributed by atoms with Gasteiger partial charge < -0.3 is 28.3 Å². The van der Waals surface area contributed by atoms with Gasteiger partial charge in [-0.3, -0.25) is 4.79 Å². The highest BCUT2D eigenvalue weighted by Crippen LogP contribution is 2.39. The lowest BCUT2D eigenvalue weighted by atomic mass is 9.96. The number of rotatable bonds is 15. The van der Waals surface area contributed by atoms with Gasteiger partial charge in [-0.1, -0.05) is 133 Å². The standard InChI is InChI=1S/C43H40FNO6/c44-37-23-13-22-36-35(25-46)24-45(39(36)37)43-42(50-29-34-20-11-4-12-21-34)41(49-28-33-18-9-3-10-19-33)40(48-27-32-16-7-2-8-17-32)38(51-43)30-47-26-31-14-5-1-6-15-31/h1-25,38,40-43H,26-30H2/t38-,40-,41+,42-,43-/m1/s1. The summed E-state index contributed by atoms with van der Waals surface area (Å²) in [5, 5.41) is 0.483. The number of aromatic nitrogens is 1. The first-order valence-corrected chi connectivity index (χ1v) is 17.2. The third-order valence-electron chi connectivity index (χ3n) is 9.09. The predicted molar refractivity (Wildman–Crippen MR) is 192 cm³/mol. The molecule has 0 unspecified atom stereocenters. The lowest BCUT2D eigenvalue weighted by Crippen LogP contribution is -2.59. The number of hydrogen-bond acceptors (Lipinski definition) is 6. The average molecular weight is 686 g/mol. The van der Waals surface area contributed by atoms with Crippen LogP contribution in [0.2, 0.25) is 0 Å². The van der Waals surface area contributed by atoms with Crippen LogP contribution in [0.5, 0.6) is 0 Å². The summed E-state index contributed by atoms with van der Waals surface area (Å²) >= 11 is 0. The van der Waals surface area contributed by atoms with Crippen LogP contribution < -0.4 is 0 Å². The maximum Gasteiger partial charge on any atom is 0.163 e. The SMILES string of the molecule is O=Cc1cn([C@@H]2O[C@H](COCc3ccccc3)[C@@H](OCc3ccccc3)[C@H](OCc3ccccc3)[C@H]2OCc2ccccc2)c2c(F)cccc12. The van der Waals surface area contributed by atoms with E-state index in [0.29, 0.717) is 24.2 Å². The molecule has 0 N–H and O–H groups in total. The predicted octanol–water partition coefficient (Wildman–Crippen LogP) is 8.46. The fourth-order valence-corrected chi connectivity index (χ4v) is 6.58. The molecule has 0 amide bonds. The second kappa shape index (κ2) is 16.8. The minimum Gasteiger partial charge on any atom is -0.374 e. The summed E-state index contributed by atoms with van der Waals surface area (Å²) in [4.78, 5) is 12.3. The van der Waals surface area contributed by atoms with Gasteiger partial charge in [0, 0.05) is 17.1 Å². The molecular formula is C43H40FNO6. The molecule has 5 aromatic carbocycles. The van der Waals surface area contributed by atoms with Gasteiger partial charge in [-0.15, -0.1) is 0 Å². The summed E-state index contributed by atoms with van der Waals surface area (Å²) in [5.41, 5.74) is 4.51. The van der Waals surface area contributed by atoms with Crippen LogP contribution in [0, 0.1) is 5.82 Å². The molecule has 8 heteroatoms. The Labute approximate surface area is 297 Å². The molecule has 5 atom stereocenters. The molecule has 1 saturated heterocycles. The van der Waals surface area contributed by atoms with Crippen LogP contribution in [0.3, 0.4) is 0 Å². The van der Waals surface area contributed by atoms with Crippen molar-refractivity contribution in [3.8, 4) is 0 Å². The van der Waals surface area contributed by atoms with Gasteiger partial charge in [0.2, 0.25) is 0 Å². The maximum absolute atomic E-state index is 15.8. The van der Waals surface area contributed by atoms with Gasteiger partial charge in [0.05, 0.1) is 38.6 Å². The zero-order valence-corrected chi connectivity index (χ0v) is 28.1. The highest BCUT2D eigenvalue weighted by molar-refractivity contribution is 5.97. The average Bonchev–Trinajstić information content (AvgIpc) is 3.57. The fourth-order valence-electron chi connectivity index (χ4n) is 6.58. The van der Waals surface area contributed by atoms with Crippen LogP contribution in [0.1, 0.15) is 38.8 Å². The van der Waals surface area contributed by atoms with Crippen molar-refractivity contribution in [2.45, 2.75) is 57.1 Å². The monoisotopic (exact) mass is 685 g/mol. The smallest absolute Gasteiger partial charge is 0.163 e. The van der Waals surface area contributed by atoms with E-state index in [1.54, 1.807) is 22.9 Å². The van der Waals surface area contributed by atoms with Crippen molar-refractivity contribution in [3.63, 3.8) is 0 Å². The Morgan fingerprint density at radius 1 is 0.588 bits per heavy atom. The molecule has 0 radical (unpaired) electrons. The summed E-state index contributed by atoms with van der Waals surface area (Å²) < 4.78 is 51.0. The van der Waals surface area contributed by atoms with E-state index in [4.69, 9.17) is 23.7 Å². The lowest BCUT2D eigenvalue weighted by Gasteiger charge is -2.46. The molecule has 0 aliphatic carbocycles. The second-order valence-electron chi connectivity index (χ2n) is 12.6. The number of aldehydes is 1. The van der Waals surface area contributed by atoms with E-state index in [9.17, 15) is 4.79 Å². The highest BCUT2D eigenvalue weighted by Gasteiger charge is 2.49. The summed E-state index contributed by atoms with van der Waals surface area (Å²) in [7, 11) is 0. The van der Waals surface area contributed by atoms with Crippen molar-refractivity contribution >= 4 is 17.2 Å². The zero-order valence-electron chi connectivity index (χ0n) is 28.1. The molecule has 6 aromatic rings. The quantitative estimate of drug-likeness (QED) is 0.101. The van der Waals surface area contributed by atoms with Crippen molar-refractivity contribution < 1.29 is 32.9 Å². The normalized spacial score (nSPS) is 20.4. The molecule has 0 bridgehead atoms. The van der Waals surface area contributed by atoms with Gasteiger partial charge >= 0.3 is 0 Å². The van der Waals surface area contributed by atoms with Crippen molar-refractivity contribution in [1.82, 2.24) is 4.57 Å². The largest absolute Gasteiger partial charge is 0.374 e. The Morgan fingerprint density at radius 2 is 1.08 bits per heavy atom. The summed E-state index contributed by atoms with van der Waals surface area (Å²) in [6, 6.07) is 44.3. The molecule has 0 spiro atoms. The molecule has 1 aliphatic heterocycles. The number of halogens is 1. The molecule has 51 heavy (non-hydrogen) atoms. The molecule has 2 heterocycles. The van der Waals surface area contributed by atoms with Gasteiger partial charge in [0.25, 0.3) is 0 Å². The van der Waals surface area contributed by atoms with E-state index in [1.807, 2.05) is 121 Å². The Balaban J connectivity index is 1.30. The first kappa shape index (κ1) is 34.5. The number of para-hydroxylation sites is 1. The Bertz CT molecular complexity index is 1970. The van der Waals surface area contributed by atoms with E-state index >= 15 is 4.39 Å². The number of nitrogens with zero attached hydrogens (tertiary/aromatic N) is 1. The number of carbonyl (C=O) groups is 1. The van der Waals surface area contributed by atoms with Gasteiger partial charge in [-0.2, -0.15) is 0 Å². The molecule has 260 valence electrons. The van der Waals surface area contributed by atoms with E-state index in [2.05, 4.69) is 0 Å². The minimum absolute atomic E-state index is 0.156. The number of ether oxygens (including phenoxy) is 5. The molecule has 1 fully saturated rings. The van der Waals surface area contributed by atoms with E-state index in [1.165, 1.54) is 6.07 Å². The number of carbonyl (C=O) groups excluding carboxylic acids is 1. The first-order chi connectivity index (χ1) is 25.2. The van der Waals surface area contributed by atoms with E-state index in [0.717, 1.165) is 28.5 Å². The number of fused-ring (bicyclic) bond motifs is 1.